The van der Waals surface area contributed by atoms with E-state index in [2.05, 4.69) is 43.5 Å². The summed E-state index contributed by atoms with van der Waals surface area (Å²) in [5.41, 5.74) is 1.07. The van der Waals surface area contributed by atoms with Crippen LogP contribution >= 0.6 is 27.3 Å². The van der Waals surface area contributed by atoms with E-state index >= 15 is 0 Å². The van der Waals surface area contributed by atoms with Crippen molar-refractivity contribution in [1.82, 2.24) is 9.97 Å². The summed E-state index contributed by atoms with van der Waals surface area (Å²) < 4.78 is 0.982. The van der Waals surface area contributed by atoms with Gasteiger partial charge in [-0.05, 0) is 41.9 Å². The molecule has 0 spiro atoms. The van der Waals surface area contributed by atoms with Crippen molar-refractivity contribution in [1.29, 1.82) is 0 Å². The van der Waals surface area contributed by atoms with Crippen molar-refractivity contribution in [3.05, 3.63) is 38.9 Å². The van der Waals surface area contributed by atoms with Gasteiger partial charge in [-0.25, -0.2) is 9.97 Å². The van der Waals surface area contributed by atoms with E-state index in [0.29, 0.717) is 0 Å². The van der Waals surface area contributed by atoms with E-state index in [4.69, 9.17) is 0 Å². The Morgan fingerprint density at radius 1 is 1.44 bits per heavy atom. The number of anilines is 1. The standard InChI is InChI=1S/C11H12BrN3S/c1-7-6-16-11(14-7)8(2)15-10-4-3-9(12)5-13-10/h3-6,8H,1-2H3,(H,13,15). The SMILES string of the molecule is Cc1csc(C(C)Nc2ccc(Br)cn2)n1. The lowest BCUT2D eigenvalue weighted by Gasteiger charge is -2.11. The van der Waals surface area contributed by atoms with Crippen molar-refractivity contribution in [3.8, 4) is 0 Å². The van der Waals surface area contributed by atoms with Crippen molar-refractivity contribution >= 4 is 33.1 Å². The van der Waals surface area contributed by atoms with Crippen LogP contribution in [0.2, 0.25) is 0 Å². The molecule has 2 heterocycles. The molecule has 0 aliphatic rings. The van der Waals surface area contributed by atoms with Gasteiger partial charge < -0.3 is 5.32 Å². The molecule has 16 heavy (non-hydrogen) atoms. The zero-order chi connectivity index (χ0) is 11.5. The van der Waals surface area contributed by atoms with Gasteiger partial charge in [-0.2, -0.15) is 0 Å². The number of nitrogens with zero attached hydrogens (tertiary/aromatic N) is 2. The molecule has 0 radical (unpaired) electrons. The summed E-state index contributed by atoms with van der Waals surface area (Å²) in [5.74, 6) is 0.864. The van der Waals surface area contributed by atoms with Crippen LogP contribution in [-0.4, -0.2) is 9.97 Å². The maximum Gasteiger partial charge on any atom is 0.126 e. The van der Waals surface area contributed by atoms with Crippen LogP contribution in [0, 0.1) is 6.92 Å². The Balaban J connectivity index is 2.07. The Hall–Kier alpha value is -0.940. The molecule has 1 unspecified atom stereocenters. The molecule has 0 fully saturated rings. The highest BCUT2D eigenvalue weighted by atomic mass is 79.9. The highest BCUT2D eigenvalue weighted by Gasteiger charge is 2.09. The number of aromatic nitrogens is 2. The average Bonchev–Trinajstić information content (AvgIpc) is 2.68. The second-order valence-corrected chi connectivity index (χ2v) is 5.36. The van der Waals surface area contributed by atoms with E-state index in [-0.39, 0.29) is 6.04 Å². The first-order valence-corrected chi connectivity index (χ1v) is 6.62. The van der Waals surface area contributed by atoms with E-state index < -0.39 is 0 Å². The molecule has 0 aliphatic heterocycles. The summed E-state index contributed by atoms with van der Waals surface area (Å²) in [5, 5.41) is 6.46. The van der Waals surface area contributed by atoms with E-state index in [1.807, 2.05) is 19.1 Å². The maximum absolute atomic E-state index is 4.44. The van der Waals surface area contributed by atoms with Gasteiger partial charge in [0.15, 0.2) is 0 Å². The monoisotopic (exact) mass is 297 g/mol. The maximum atomic E-state index is 4.44. The summed E-state index contributed by atoms with van der Waals surface area (Å²) in [6.07, 6.45) is 1.78. The first kappa shape index (κ1) is 11.5. The smallest absolute Gasteiger partial charge is 0.126 e. The summed E-state index contributed by atoms with van der Waals surface area (Å²) in [4.78, 5) is 8.71. The Bertz CT molecular complexity index is 466. The Morgan fingerprint density at radius 3 is 2.81 bits per heavy atom. The highest BCUT2D eigenvalue weighted by Crippen LogP contribution is 2.21. The molecule has 0 amide bonds. The lowest BCUT2D eigenvalue weighted by atomic mass is 10.3. The fraction of sp³-hybridized carbons (Fsp3) is 0.273. The molecule has 0 aromatic carbocycles. The largest absolute Gasteiger partial charge is 0.361 e. The van der Waals surface area contributed by atoms with Gasteiger partial charge in [0.2, 0.25) is 0 Å². The lowest BCUT2D eigenvalue weighted by Crippen LogP contribution is -2.07. The summed E-state index contributed by atoms with van der Waals surface area (Å²) in [7, 11) is 0. The topological polar surface area (TPSA) is 37.8 Å². The van der Waals surface area contributed by atoms with Crippen molar-refractivity contribution in [3.63, 3.8) is 0 Å². The predicted octanol–water partition coefficient (Wildman–Crippen LogP) is 3.78. The number of hydrogen-bond donors (Lipinski definition) is 1. The second-order valence-electron chi connectivity index (χ2n) is 3.55. The van der Waals surface area contributed by atoms with Crippen LogP contribution in [0.3, 0.4) is 0 Å². The van der Waals surface area contributed by atoms with Gasteiger partial charge in [0.05, 0.1) is 6.04 Å². The minimum Gasteiger partial charge on any atom is -0.361 e. The Labute approximate surface area is 107 Å². The van der Waals surface area contributed by atoms with Crippen molar-refractivity contribution < 1.29 is 0 Å². The van der Waals surface area contributed by atoms with Crippen LogP contribution in [0.25, 0.3) is 0 Å². The predicted molar refractivity (Wildman–Crippen MR) is 70.8 cm³/mol. The molecule has 5 heteroatoms. The van der Waals surface area contributed by atoms with E-state index in [1.165, 1.54) is 0 Å². The second kappa shape index (κ2) is 4.93. The molecule has 2 aromatic heterocycles. The van der Waals surface area contributed by atoms with Crippen molar-refractivity contribution in [2.75, 3.05) is 5.32 Å². The van der Waals surface area contributed by atoms with Crippen molar-refractivity contribution in [2.45, 2.75) is 19.9 Å². The molecule has 0 saturated carbocycles. The number of halogens is 1. The zero-order valence-corrected chi connectivity index (χ0v) is 11.5. The average molecular weight is 298 g/mol. The van der Waals surface area contributed by atoms with Crippen LogP contribution in [0.4, 0.5) is 5.82 Å². The highest BCUT2D eigenvalue weighted by molar-refractivity contribution is 9.10. The minimum atomic E-state index is 0.187. The minimum absolute atomic E-state index is 0.187. The molecule has 84 valence electrons. The van der Waals surface area contributed by atoms with Gasteiger partial charge in [-0.1, -0.05) is 0 Å². The third-order valence-corrected chi connectivity index (χ3v) is 3.71. The number of rotatable bonds is 3. The van der Waals surface area contributed by atoms with E-state index in [0.717, 1.165) is 21.0 Å². The molecule has 2 rings (SSSR count). The zero-order valence-electron chi connectivity index (χ0n) is 9.07. The van der Waals surface area contributed by atoms with Gasteiger partial charge in [-0.3, -0.25) is 0 Å². The molecule has 1 N–H and O–H groups in total. The molecule has 1 atom stereocenters. The third-order valence-electron chi connectivity index (χ3n) is 2.10. The quantitative estimate of drug-likeness (QED) is 0.937. The molecule has 0 saturated heterocycles. The number of aryl methyl sites for hydroxylation is 1. The summed E-state index contributed by atoms with van der Waals surface area (Å²) >= 11 is 5.03. The first-order chi connectivity index (χ1) is 7.65. The van der Waals surface area contributed by atoms with Crippen LogP contribution < -0.4 is 5.32 Å². The van der Waals surface area contributed by atoms with Crippen LogP contribution in [0.1, 0.15) is 23.7 Å². The summed E-state index contributed by atoms with van der Waals surface area (Å²) in [6.45, 7) is 4.09. The first-order valence-electron chi connectivity index (χ1n) is 4.95. The number of thiazole rings is 1. The van der Waals surface area contributed by atoms with Crippen LogP contribution in [0.15, 0.2) is 28.2 Å². The number of pyridine rings is 1. The van der Waals surface area contributed by atoms with E-state index in [9.17, 15) is 0 Å². The van der Waals surface area contributed by atoms with E-state index in [1.54, 1.807) is 17.5 Å². The fourth-order valence-electron chi connectivity index (χ4n) is 1.32. The molecular weight excluding hydrogens is 286 g/mol. The van der Waals surface area contributed by atoms with Crippen LogP contribution in [-0.2, 0) is 0 Å². The lowest BCUT2D eigenvalue weighted by molar-refractivity contribution is 0.855. The van der Waals surface area contributed by atoms with Gasteiger partial charge in [0.25, 0.3) is 0 Å². The molecular formula is C11H12BrN3S. The Kier molecular flexibility index (Phi) is 3.56. The van der Waals surface area contributed by atoms with Gasteiger partial charge in [0.1, 0.15) is 10.8 Å². The fourth-order valence-corrected chi connectivity index (χ4v) is 2.35. The normalized spacial score (nSPS) is 12.4. The van der Waals surface area contributed by atoms with Gasteiger partial charge >= 0.3 is 0 Å². The van der Waals surface area contributed by atoms with Gasteiger partial charge in [0, 0.05) is 21.7 Å². The molecule has 2 aromatic rings. The molecule has 3 nitrogen and oxygen atoms in total. The van der Waals surface area contributed by atoms with Crippen LogP contribution in [0.5, 0.6) is 0 Å². The molecule has 0 bridgehead atoms. The van der Waals surface area contributed by atoms with Crippen molar-refractivity contribution in [2.24, 2.45) is 0 Å². The number of nitrogens with one attached hydrogen (secondary N) is 1. The third kappa shape index (κ3) is 2.80. The summed E-state index contributed by atoms with van der Waals surface area (Å²) in [6, 6.07) is 4.10. The Morgan fingerprint density at radius 2 is 2.25 bits per heavy atom. The van der Waals surface area contributed by atoms with Gasteiger partial charge in [-0.15, -0.1) is 11.3 Å². The molecule has 0 aliphatic carbocycles. The number of hydrogen-bond acceptors (Lipinski definition) is 4.